The van der Waals surface area contributed by atoms with Crippen LogP contribution in [-0.2, 0) is 9.59 Å². The summed E-state index contributed by atoms with van der Waals surface area (Å²) in [5, 5.41) is 2.48. The molecule has 4 nitrogen and oxygen atoms in total. The minimum absolute atomic E-state index is 0.0911. The first-order valence-electron chi connectivity index (χ1n) is 8.32. The van der Waals surface area contributed by atoms with Crippen molar-refractivity contribution in [1.29, 1.82) is 0 Å². The van der Waals surface area contributed by atoms with E-state index in [0.29, 0.717) is 12.2 Å². The molecule has 0 fully saturated rings. The van der Waals surface area contributed by atoms with Gasteiger partial charge in [0.25, 0.3) is 0 Å². The van der Waals surface area contributed by atoms with Gasteiger partial charge in [0, 0.05) is 24.0 Å². The summed E-state index contributed by atoms with van der Waals surface area (Å²) in [6.45, 7) is 7.14. The van der Waals surface area contributed by atoms with Crippen LogP contribution in [0, 0.1) is 24.0 Å². The summed E-state index contributed by atoms with van der Waals surface area (Å²) >= 11 is 0. The number of hydrogen-bond acceptors (Lipinski definition) is 2. The summed E-state index contributed by atoms with van der Waals surface area (Å²) < 4.78 is 26.3. The van der Waals surface area contributed by atoms with Gasteiger partial charge in [-0.3, -0.25) is 9.59 Å². The van der Waals surface area contributed by atoms with Crippen LogP contribution < -0.4 is 10.2 Å². The maximum Gasteiger partial charge on any atom is 0.242 e. The van der Waals surface area contributed by atoms with Gasteiger partial charge in [-0.2, -0.15) is 0 Å². The molecule has 0 aromatic heterocycles. The minimum Gasteiger partial charge on any atom is -0.325 e. The molecule has 0 aliphatic rings. The molecule has 0 aliphatic heterocycles. The number of carbonyl (C=O) groups excluding carboxylic acids is 2. The molecule has 1 N–H and O–H groups in total. The van der Waals surface area contributed by atoms with Crippen molar-refractivity contribution >= 4 is 23.2 Å². The Labute approximate surface area is 151 Å². The number of anilines is 2. The Bertz CT molecular complexity index is 834. The quantitative estimate of drug-likeness (QED) is 0.809. The first-order valence-corrected chi connectivity index (χ1v) is 8.32. The van der Waals surface area contributed by atoms with Crippen LogP contribution in [-0.4, -0.2) is 18.4 Å². The van der Waals surface area contributed by atoms with Crippen LogP contribution in [0.1, 0.15) is 26.3 Å². The summed E-state index contributed by atoms with van der Waals surface area (Å²) in [7, 11) is 0. The highest BCUT2D eigenvalue weighted by Gasteiger charge is 2.39. The molecule has 2 aromatic carbocycles. The Morgan fingerprint density at radius 3 is 2.35 bits per heavy atom. The minimum atomic E-state index is -1.40. The second-order valence-corrected chi connectivity index (χ2v) is 6.60. The Hall–Kier alpha value is -2.76. The van der Waals surface area contributed by atoms with Gasteiger partial charge in [0.2, 0.25) is 11.8 Å². The molecule has 2 amide bonds. The van der Waals surface area contributed by atoms with E-state index in [9.17, 15) is 18.4 Å². The van der Waals surface area contributed by atoms with Crippen molar-refractivity contribution < 1.29 is 18.4 Å². The van der Waals surface area contributed by atoms with Crippen LogP contribution in [0.25, 0.3) is 0 Å². The van der Waals surface area contributed by atoms with Crippen LogP contribution in [0.2, 0.25) is 0 Å². The normalized spacial score (nSPS) is 11.2. The zero-order valence-electron chi connectivity index (χ0n) is 15.3. The van der Waals surface area contributed by atoms with E-state index in [-0.39, 0.29) is 11.6 Å². The monoisotopic (exact) mass is 360 g/mol. The number of nitrogens with one attached hydrogen (secondary N) is 1. The number of aryl methyl sites for hydroxylation is 1. The van der Waals surface area contributed by atoms with Gasteiger partial charge in [-0.25, -0.2) is 8.78 Å². The standard InChI is InChI=1S/C20H22F2N2O2/c1-5-24(15-8-6-7-13(2)11-15)19(26)20(3,4)18(25)23-14-9-10-16(21)17(22)12-14/h6-12H,5H2,1-4H3,(H,23,25). The van der Waals surface area contributed by atoms with Gasteiger partial charge in [-0.05, 0) is 57.5 Å². The van der Waals surface area contributed by atoms with Crippen molar-refractivity contribution in [3.63, 3.8) is 0 Å². The van der Waals surface area contributed by atoms with E-state index in [1.54, 1.807) is 6.07 Å². The highest BCUT2D eigenvalue weighted by molar-refractivity contribution is 6.14. The zero-order valence-corrected chi connectivity index (χ0v) is 15.3. The van der Waals surface area contributed by atoms with E-state index in [1.807, 2.05) is 32.0 Å². The average Bonchev–Trinajstić information content (AvgIpc) is 2.58. The first kappa shape index (κ1) is 19.6. The third kappa shape index (κ3) is 4.07. The lowest BCUT2D eigenvalue weighted by Gasteiger charge is -2.30. The van der Waals surface area contributed by atoms with Gasteiger partial charge in [0.05, 0.1) is 0 Å². The van der Waals surface area contributed by atoms with Crippen LogP contribution in [0.15, 0.2) is 42.5 Å². The van der Waals surface area contributed by atoms with E-state index >= 15 is 0 Å². The van der Waals surface area contributed by atoms with Gasteiger partial charge in [0.1, 0.15) is 5.41 Å². The third-order valence-electron chi connectivity index (χ3n) is 4.15. The lowest BCUT2D eigenvalue weighted by molar-refractivity contribution is -0.136. The first-order chi connectivity index (χ1) is 12.2. The molecular weight excluding hydrogens is 338 g/mol. The number of rotatable bonds is 5. The molecule has 6 heteroatoms. The Morgan fingerprint density at radius 1 is 1.08 bits per heavy atom. The molecule has 0 unspecified atom stereocenters. The molecule has 0 atom stereocenters. The van der Waals surface area contributed by atoms with E-state index in [4.69, 9.17) is 0 Å². The largest absolute Gasteiger partial charge is 0.325 e. The van der Waals surface area contributed by atoms with E-state index in [0.717, 1.165) is 17.7 Å². The second-order valence-electron chi connectivity index (χ2n) is 6.60. The third-order valence-corrected chi connectivity index (χ3v) is 4.15. The molecule has 26 heavy (non-hydrogen) atoms. The number of hydrogen-bond donors (Lipinski definition) is 1. The van der Waals surface area contributed by atoms with Gasteiger partial charge in [-0.15, -0.1) is 0 Å². The van der Waals surface area contributed by atoms with Crippen molar-refractivity contribution in [1.82, 2.24) is 0 Å². The SMILES string of the molecule is CCN(C(=O)C(C)(C)C(=O)Nc1ccc(F)c(F)c1)c1cccc(C)c1. The second kappa shape index (κ2) is 7.64. The number of benzene rings is 2. The van der Waals surface area contributed by atoms with Crippen molar-refractivity contribution in [3.8, 4) is 0 Å². The summed E-state index contributed by atoms with van der Waals surface area (Å²) in [6.07, 6.45) is 0. The smallest absolute Gasteiger partial charge is 0.242 e. The number of amides is 2. The highest BCUT2D eigenvalue weighted by Crippen LogP contribution is 2.26. The molecule has 0 spiro atoms. The van der Waals surface area contributed by atoms with Crippen molar-refractivity contribution in [2.45, 2.75) is 27.7 Å². The number of halogens is 2. The van der Waals surface area contributed by atoms with Crippen molar-refractivity contribution in [2.24, 2.45) is 5.41 Å². The van der Waals surface area contributed by atoms with Gasteiger partial charge >= 0.3 is 0 Å². The average molecular weight is 360 g/mol. The maximum atomic E-state index is 13.3. The summed E-state index contributed by atoms with van der Waals surface area (Å²) in [5.41, 5.74) is 0.391. The summed E-state index contributed by atoms with van der Waals surface area (Å²) in [6, 6.07) is 10.5. The molecular formula is C20H22F2N2O2. The van der Waals surface area contributed by atoms with Crippen molar-refractivity contribution in [2.75, 3.05) is 16.8 Å². The fourth-order valence-corrected chi connectivity index (χ4v) is 2.54. The molecule has 0 aliphatic carbocycles. The number of nitrogens with zero attached hydrogens (tertiary/aromatic N) is 1. The van der Waals surface area contributed by atoms with Crippen LogP contribution in [0.4, 0.5) is 20.2 Å². The Balaban J connectivity index is 2.24. The molecule has 0 saturated heterocycles. The van der Waals surface area contributed by atoms with Crippen molar-refractivity contribution in [3.05, 3.63) is 59.7 Å². The molecule has 0 heterocycles. The molecule has 0 radical (unpaired) electrons. The van der Waals surface area contributed by atoms with Crippen LogP contribution in [0.5, 0.6) is 0 Å². The van der Waals surface area contributed by atoms with Crippen LogP contribution >= 0.6 is 0 Å². The summed E-state index contributed by atoms with van der Waals surface area (Å²) in [5.74, 6) is -3.05. The molecule has 0 bridgehead atoms. The van der Waals surface area contributed by atoms with E-state index in [2.05, 4.69) is 5.32 Å². The lowest BCUT2D eigenvalue weighted by atomic mass is 9.89. The van der Waals surface area contributed by atoms with E-state index < -0.39 is 23.0 Å². The van der Waals surface area contributed by atoms with Gasteiger partial charge < -0.3 is 10.2 Å². The van der Waals surface area contributed by atoms with Gasteiger partial charge in [-0.1, -0.05) is 12.1 Å². The number of carbonyl (C=O) groups is 2. The van der Waals surface area contributed by atoms with E-state index in [1.165, 1.54) is 24.8 Å². The lowest BCUT2D eigenvalue weighted by Crippen LogP contribution is -2.47. The molecule has 2 rings (SSSR count). The molecule has 0 saturated carbocycles. The van der Waals surface area contributed by atoms with Crippen LogP contribution in [0.3, 0.4) is 0 Å². The summed E-state index contributed by atoms with van der Waals surface area (Å²) in [4.78, 5) is 27.1. The predicted molar refractivity (Wildman–Crippen MR) is 98.0 cm³/mol. The fourth-order valence-electron chi connectivity index (χ4n) is 2.54. The topological polar surface area (TPSA) is 49.4 Å². The molecule has 2 aromatic rings. The maximum absolute atomic E-state index is 13.3. The Morgan fingerprint density at radius 2 is 1.77 bits per heavy atom. The van der Waals surface area contributed by atoms with Gasteiger partial charge in [0.15, 0.2) is 11.6 Å². The predicted octanol–water partition coefficient (Wildman–Crippen LogP) is 4.29. The molecule has 138 valence electrons. The fraction of sp³-hybridized carbons (Fsp3) is 0.300. The highest BCUT2D eigenvalue weighted by atomic mass is 19.2. The Kier molecular flexibility index (Phi) is 5.75. The zero-order chi connectivity index (χ0) is 19.5.